The van der Waals surface area contributed by atoms with Crippen LogP contribution >= 0.6 is 0 Å². The van der Waals surface area contributed by atoms with Gasteiger partial charge in [0.05, 0.1) is 17.7 Å². The van der Waals surface area contributed by atoms with E-state index >= 15 is 0 Å². The van der Waals surface area contributed by atoms with Crippen LogP contribution in [0.25, 0.3) is 0 Å². The molecule has 2 aromatic carbocycles. The molecule has 22 heavy (non-hydrogen) atoms. The number of hydrogen-bond acceptors (Lipinski definition) is 3. The summed E-state index contributed by atoms with van der Waals surface area (Å²) in [5.74, 6) is 0.569. The summed E-state index contributed by atoms with van der Waals surface area (Å²) in [5.41, 5.74) is 3.35. The van der Waals surface area contributed by atoms with Gasteiger partial charge in [-0.3, -0.25) is 14.5 Å². The standard InChI is InChI=1S/C18H15NO3/c20-17-14-3-1-2-4-15(14)18(21)19(17)9-7-12-5-6-16-13(11-12)8-10-22-16/h1-6,11H,7-10H2. The summed E-state index contributed by atoms with van der Waals surface area (Å²) in [4.78, 5) is 25.9. The first kappa shape index (κ1) is 13.1. The number of hydrogen-bond donors (Lipinski definition) is 0. The highest BCUT2D eigenvalue weighted by atomic mass is 16.5. The maximum atomic E-state index is 12.3. The number of amides is 2. The molecular weight excluding hydrogens is 278 g/mol. The third-order valence-electron chi connectivity index (χ3n) is 4.26. The minimum absolute atomic E-state index is 0.190. The highest BCUT2D eigenvalue weighted by Crippen LogP contribution is 2.27. The Labute approximate surface area is 128 Å². The lowest BCUT2D eigenvalue weighted by molar-refractivity contribution is 0.0656. The summed E-state index contributed by atoms with van der Waals surface area (Å²) in [6, 6.07) is 13.1. The predicted octanol–water partition coefficient (Wildman–Crippen LogP) is 2.46. The quantitative estimate of drug-likeness (QED) is 0.817. The van der Waals surface area contributed by atoms with Crippen molar-refractivity contribution in [2.45, 2.75) is 12.8 Å². The van der Waals surface area contributed by atoms with Crippen molar-refractivity contribution in [2.75, 3.05) is 13.2 Å². The topological polar surface area (TPSA) is 46.6 Å². The molecule has 0 bridgehead atoms. The van der Waals surface area contributed by atoms with E-state index in [1.165, 1.54) is 10.5 Å². The SMILES string of the molecule is O=C1c2ccccc2C(=O)N1CCc1ccc2c(c1)CCO2. The van der Waals surface area contributed by atoms with Gasteiger partial charge in [0.1, 0.15) is 5.75 Å². The van der Waals surface area contributed by atoms with E-state index in [0.29, 0.717) is 24.1 Å². The zero-order chi connectivity index (χ0) is 15.1. The molecule has 0 aliphatic carbocycles. The number of fused-ring (bicyclic) bond motifs is 2. The lowest BCUT2D eigenvalue weighted by Crippen LogP contribution is -2.31. The highest BCUT2D eigenvalue weighted by molar-refractivity contribution is 6.21. The average Bonchev–Trinajstić information content (AvgIpc) is 3.10. The van der Waals surface area contributed by atoms with Gasteiger partial charge in [-0.2, -0.15) is 0 Å². The van der Waals surface area contributed by atoms with Crippen LogP contribution in [0.2, 0.25) is 0 Å². The first-order valence-corrected chi connectivity index (χ1v) is 7.44. The molecule has 0 radical (unpaired) electrons. The Bertz CT molecular complexity index is 747. The molecule has 2 heterocycles. The Kier molecular flexibility index (Phi) is 2.96. The van der Waals surface area contributed by atoms with Gasteiger partial charge in [0.2, 0.25) is 0 Å². The summed E-state index contributed by atoms with van der Waals surface area (Å²) in [5, 5.41) is 0. The van der Waals surface area contributed by atoms with E-state index in [4.69, 9.17) is 4.74 Å². The molecule has 0 N–H and O–H groups in total. The van der Waals surface area contributed by atoms with Gasteiger partial charge in [-0.05, 0) is 35.7 Å². The third kappa shape index (κ3) is 1.99. The van der Waals surface area contributed by atoms with E-state index in [1.807, 2.05) is 12.1 Å². The molecule has 0 unspecified atom stereocenters. The molecule has 4 rings (SSSR count). The van der Waals surface area contributed by atoms with Crippen LogP contribution in [-0.2, 0) is 12.8 Å². The second kappa shape index (κ2) is 4.98. The largest absolute Gasteiger partial charge is 0.493 e. The zero-order valence-corrected chi connectivity index (χ0v) is 12.0. The van der Waals surface area contributed by atoms with Crippen molar-refractivity contribution in [1.29, 1.82) is 0 Å². The number of benzene rings is 2. The lowest BCUT2D eigenvalue weighted by atomic mass is 10.1. The van der Waals surface area contributed by atoms with E-state index < -0.39 is 0 Å². The zero-order valence-electron chi connectivity index (χ0n) is 12.0. The minimum Gasteiger partial charge on any atom is -0.493 e. The summed E-state index contributed by atoms with van der Waals surface area (Å²) in [6.07, 6.45) is 1.59. The van der Waals surface area contributed by atoms with Crippen molar-refractivity contribution >= 4 is 11.8 Å². The molecule has 2 amide bonds. The smallest absolute Gasteiger partial charge is 0.261 e. The first-order valence-electron chi connectivity index (χ1n) is 7.44. The van der Waals surface area contributed by atoms with Crippen LogP contribution in [0.3, 0.4) is 0 Å². The fraction of sp³-hybridized carbons (Fsp3) is 0.222. The maximum absolute atomic E-state index is 12.3. The van der Waals surface area contributed by atoms with Crippen molar-refractivity contribution in [2.24, 2.45) is 0 Å². The van der Waals surface area contributed by atoms with Crippen molar-refractivity contribution in [1.82, 2.24) is 4.90 Å². The molecule has 0 atom stereocenters. The van der Waals surface area contributed by atoms with Crippen molar-refractivity contribution < 1.29 is 14.3 Å². The average molecular weight is 293 g/mol. The molecule has 0 spiro atoms. The van der Waals surface area contributed by atoms with E-state index in [0.717, 1.165) is 24.3 Å². The van der Waals surface area contributed by atoms with E-state index in [9.17, 15) is 9.59 Å². The Balaban J connectivity index is 1.51. The number of nitrogens with zero attached hydrogens (tertiary/aromatic N) is 1. The van der Waals surface area contributed by atoms with Gasteiger partial charge in [-0.15, -0.1) is 0 Å². The van der Waals surface area contributed by atoms with Gasteiger partial charge < -0.3 is 4.74 Å². The van der Waals surface area contributed by atoms with Gasteiger partial charge >= 0.3 is 0 Å². The van der Waals surface area contributed by atoms with E-state index in [-0.39, 0.29) is 11.8 Å². The van der Waals surface area contributed by atoms with Gasteiger partial charge in [0.25, 0.3) is 11.8 Å². The van der Waals surface area contributed by atoms with Crippen molar-refractivity contribution in [3.8, 4) is 5.75 Å². The van der Waals surface area contributed by atoms with Crippen LogP contribution in [0, 0.1) is 0 Å². The van der Waals surface area contributed by atoms with Gasteiger partial charge in [-0.25, -0.2) is 0 Å². The number of carbonyl (C=O) groups is 2. The molecule has 0 saturated carbocycles. The number of ether oxygens (including phenoxy) is 1. The van der Waals surface area contributed by atoms with Crippen LogP contribution < -0.4 is 4.74 Å². The molecule has 2 aliphatic heterocycles. The van der Waals surface area contributed by atoms with Crippen LogP contribution in [0.5, 0.6) is 5.75 Å². The Hall–Kier alpha value is -2.62. The van der Waals surface area contributed by atoms with Crippen LogP contribution in [-0.4, -0.2) is 29.9 Å². The van der Waals surface area contributed by atoms with Crippen LogP contribution in [0.1, 0.15) is 31.8 Å². The summed E-state index contributed by atoms with van der Waals surface area (Å²) >= 11 is 0. The molecule has 2 aliphatic rings. The molecule has 4 heteroatoms. The number of carbonyl (C=O) groups excluding carboxylic acids is 2. The minimum atomic E-state index is -0.190. The molecule has 110 valence electrons. The van der Waals surface area contributed by atoms with Gasteiger partial charge in [0, 0.05) is 13.0 Å². The van der Waals surface area contributed by atoms with Crippen LogP contribution in [0.4, 0.5) is 0 Å². The summed E-state index contributed by atoms with van der Waals surface area (Å²) < 4.78 is 5.49. The predicted molar refractivity (Wildman–Crippen MR) is 81.2 cm³/mol. The Morgan fingerprint density at radius 1 is 1.00 bits per heavy atom. The van der Waals surface area contributed by atoms with Gasteiger partial charge in [0.15, 0.2) is 0 Å². The van der Waals surface area contributed by atoms with Gasteiger partial charge in [-0.1, -0.05) is 24.3 Å². The molecule has 2 aromatic rings. The Morgan fingerprint density at radius 2 is 1.73 bits per heavy atom. The highest BCUT2D eigenvalue weighted by Gasteiger charge is 2.34. The monoisotopic (exact) mass is 293 g/mol. The summed E-state index contributed by atoms with van der Waals surface area (Å²) in [7, 11) is 0. The molecule has 0 fully saturated rings. The van der Waals surface area contributed by atoms with Crippen molar-refractivity contribution in [3.05, 3.63) is 64.7 Å². The van der Waals surface area contributed by atoms with E-state index in [2.05, 4.69) is 6.07 Å². The molecular formula is C18H15NO3. The maximum Gasteiger partial charge on any atom is 0.261 e. The Morgan fingerprint density at radius 3 is 2.45 bits per heavy atom. The third-order valence-corrected chi connectivity index (χ3v) is 4.26. The van der Waals surface area contributed by atoms with Crippen molar-refractivity contribution in [3.63, 3.8) is 0 Å². The van der Waals surface area contributed by atoms with Crippen LogP contribution in [0.15, 0.2) is 42.5 Å². The second-order valence-electron chi connectivity index (χ2n) is 5.60. The summed E-state index contributed by atoms with van der Waals surface area (Å²) in [6.45, 7) is 1.14. The first-order chi connectivity index (χ1) is 10.7. The number of imide groups is 1. The molecule has 4 nitrogen and oxygen atoms in total. The molecule has 0 saturated heterocycles. The second-order valence-corrected chi connectivity index (χ2v) is 5.60. The molecule has 0 aromatic heterocycles. The fourth-order valence-corrected chi connectivity index (χ4v) is 3.08. The fourth-order valence-electron chi connectivity index (χ4n) is 3.08. The number of rotatable bonds is 3. The normalized spacial score (nSPS) is 15.7. The lowest BCUT2D eigenvalue weighted by Gasteiger charge is -2.14. The van der Waals surface area contributed by atoms with E-state index in [1.54, 1.807) is 24.3 Å².